The molecule has 0 N–H and O–H groups in total. The highest BCUT2D eigenvalue weighted by atomic mass is 28.4. The van der Waals surface area contributed by atoms with E-state index in [1.54, 1.807) is 0 Å². The molecule has 1 fully saturated rings. The molecule has 1 saturated heterocycles. The lowest BCUT2D eigenvalue weighted by atomic mass is 9.99. The van der Waals surface area contributed by atoms with Crippen molar-refractivity contribution < 1.29 is 18.7 Å². The van der Waals surface area contributed by atoms with Gasteiger partial charge in [0.15, 0.2) is 8.32 Å². The highest BCUT2D eigenvalue weighted by molar-refractivity contribution is 6.74. The van der Waals surface area contributed by atoms with Crippen molar-refractivity contribution in [1.82, 2.24) is 0 Å². The summed E-state index contributed by atoms with van der Waals surface area (Å²) in [5, 5.41) is 0.145. The number of carbonyl (C=O) groups excluding carboxylic acids is 1. The van der Waals surface area contributed by atoms with E-state index in [1.165, 1.54) is 7.11 Å². The predicted octanol–water partition coefficient (Wildman–Crippen LogP) is 2.59. The first-order chi connectivity index (χ1) is 8.19. The van der Waals surface area contributed by atoms with Gasteiger partial charge in [-0.25, -0.2) is 0 Å². The van der Waals surface area contributed by atoms with Crippen LogP contribution in [0.1, 0.15) is 27.2 Å². The first-order valence-corrected chi connectivity index (χ1v) is 9.43. The van der Waals surface area contributed by atoms with E-state index in [0.29, 0.717) is 13.2 Å². The van der Waals surface area contributed by atoms with Crippen molar-refractivity contribution in [2.75, 3.05) is 20.3 Å². The minimum atomic E-state index is -1.86. The largest absolute Gasteiger partial charge is 0.469 e. The minimum Gasteiger partial charge on any atom is -0.469 e. The zero-order valence-corrected chi connectivity index (χ0v) is 13.4. The quantitative estimate of drug-likeness (QED) is 0.586. The number of rotatable bonds is 3. The van der Waals surface area contributed by atoms with Crippen LogP contribution in [-0.2, 0) is 18.7 Å². The summed E-state index contributed by atoms with van der Waals surface area (Å²) in [4.78, 5) is 11.7. The van der Waals surface area contributed by atoms with Gasteiger partial charge in [0, 0.05) is 6.61 Å². The number of hydrogen-bond donors (Lipinski definition) is 0. The molecule has 106 valence electrons. The summed E-state index contributed by atoms with van der Waals surface area (Å²) in [7, 11) is -0.439. The van der Waals surface area contributed by atoms with Gasteiger partial charge in [0.1, 0.15) is 5.92 Å². The van der Waals surface area contributed by atoms with E-state index >= 15 is 0 Å². The fraction of sp³-hybridized carbons (Fsp3) is 0.923. The second-order valence-corrected chi connectivity index (χ2v) is 11.2. The van der Waals surface area contributed by atoms with E-state index in [9.17, 15) is 4.79 Å². The third-order valence-corrected chi connectivity index (χ3v) is 8.55. The van der Waals surface area contributed by atoms with Crippen LogP contribution in [0.3, 0.4) is 0 Å². The zero-order chi connectivity index (χ0) is 14.0. The van der Waals surface area contributed by atoms with Gasteiger partial charge in [-0.3, -0.25) is 4.79 Å². The lowest BCUT2D eigenvalue weighted by Gasteiger charge is -2.42. The van der Waals surface area contributed by atoms with Crippen molar-refractivity contribution in [3.05, 3.63) is 0 Å². The number of hydrogen-bond acceptors (Lipinski definition) is 4. The van der Waals surface area contributed by atoms with E-state index in [1.807, 2.05) is 0 Å². The summed E-state index contributed by atoms with van der Waals surface area (Å²) < 4.78 is 16.5. The van der Waals surface area contributed by atoms with Crippen LogP contribution in [0.4, 0.5) is 0 Å². The molecule has 0 spiro atoms. The van der Waals surface area contributed by atoms with E-state index in [4.69, 9.17) is 13.9 Å². The van der Waals surface area contributed by atoms with Crippen molar-refractivity contribution in [3.8, 4) is 0 Å². The molecule has 1 aliphatic rings. The van der Waals surface area contributed by atoms with Crippen LogP contribution in [0.2, 0.25) is 18.1 Å². The molecule has 4 nitrogen and oxygen atoms in total. The third-order valence-electron chi connectivity index (χ3n) is 4.05. The summed E-state index contributed by atoms with van der Waals surface area (Å²) in [5.41, 5.74) is 0. The molecule has 1 heterocycles. The summed E-state index contributed by atoms with van der Waals surface area (Å²) in [5.74, 6) is -0.503. The average Bonchev–Trinajstić information content (AvgIpc) is 2.26. The van der Waals surface area contributed by atoms with Crippen molar-refractivity contribution in [2.45, 2.75) is 51.4 Å². The molecule has 1 aliphatic heterocycles. The van der Waals surface area contributed by atoms with E-state index in [-0.39, 0.29) is 23.0 Å². The predicted molar refractivity (Wildman–Crippen MR) is 73.0 cm³/mol. The highest BCUT2D eigenvalue weighted by Gasteiger charge is 2.43. The zero-order valence-electron chi connectivity index (χ0n) is 12.4. The molecule has 0 saturated carbocycles. The Labute approximate surface area is 111 Å². The van der Waals surface area contributed by atoms with Crippen LogP contribution in [0, 0.1) is 5.92 Å². The van der Waals surface area contributed by atoms with Crippen molar-refractivity contribution in [2.24, 2.45) is 5.92 Å². The van der Waals surface area contributed by atoms with Gasteiger partial charge in [0.05, 0.1) is 19.8 Å². The summed E-state index contributed by atoms with van der Waals surface area (Å²) in [6.07, 6.45) is 0.707. The average molecular weight is 274 g/mol. The summed E-state index contributed by atoms with van der Waals surface area (Å²) in [6.45, 7) is 12.1. The number of methoxy groups -OCH3 is 1. The van der Waals surface area contributed by atoms with Crippen LogP contribution >= 0.6 is 0 Å². The summed E-state index contributed by atoms with van der Waals surface area (Å²) >= 11 is 0. The van der Waals surface area contributed by atoms with Crippen LogP contribution in [0.5, 0.6) is 0 Å². The monoisotopic (exact) mass is 274 g/mol. The molecule has 0 radical (unpaired) electrons. The van der Waals surface area contributed by atoms with Crippen molar-refractivity contribution in [1.29, 1.82) is 0 Å². The molecule has 18 heavy (non-hydrogen) atoms. The Morgan fingerprint density at radius 3 is 2.44 bits per heavy atom. The maximum Gasteiger partial charge on any atom is 0.313 e. The van der Waals surface area contributed by atoms with Gasteiger partial charge in [-0.05, 0) is 24.6 Å². The molecular formula is C13H26O4Si. The van der Waals surface area contributed by atoms with Crippen LogP contribution in [0.25, 0.3) is 0 Å². The van der Waals surface area contributed by atoms with Crippen LogP contribution in [0.15, 0.2) is 0 Å². The first kappa shape index (κ1) is 15.7. The number of esters is 1. The van der Waals surface area contributed by atoms with Crippen molar-refractivity contribution >= 4 is 14.3 Å². The topological polar surface area (TPSA) is 44.8 Å². The third kappa shape index (κ3) is 3.55. The smallest absolute Gasteiger partial charge is 0.313 e. The van der Waals surface area contributed by atoms with Crippen LogP contribution < -0.4 is 0 Å². The molecule has 0 aromatic carbocycles. The Bertz CT molecular complexity index is 296. The summed E-state index contributed by atoms with van der Waals surface area (Å²) in [6, 6.07) is 0. The molecule has 2 atom stereocenters. The SMILES string of the molecule is COC(=O)C1COCCC1O[Si](C)(C)C(C)(C)C. The molecule has 2 unspecified atom stereocenters. The molecule has 0 aromatic heterocycles. The highest BCUT2D eigenvalue weighted by Crippen LogP contribution is 2.39. The Balaban J connectivity index is 2.77. The second-order valence-electron chi connectivity index (χ2n) is 6.41. The van der Waals surface area contributed by atoms with Gasteiger partial charge in [-0.15, -0.1) is 0 Å². The number of ether oxygens (including phenoxy) is 2. The van der Waals surface area contributed by atoms with Gasteiger partial charge in [-0.1, -0.05) is 20.8 Å². The van der Waals surface area contributed by atoms with Gasteiger partial charge in [0.25, 0.3) is 0 Å². The molecule has 5 heteroatoms. The molecular weight excluding hydrogens is 248 g/mol. The first-order valence-electron chi connectivity index (χ1n) is 6.52. The van der Waals surface area contributed by atoms with Gasteiger partial charge in [-0.2, -0.15) is 0 Å². The Morgan fingerprint density at radius 1 is 1.33 bits per heavy atom. The van der Waals surface area contributed by atoms with E-state index in [0.717, 1.165) is 6.42 Å². The van der Waals surface area contributed by atoms with E-state index < -0.39 is 8.32 Å². The molecule has 0 bridgehead atoms. The second kappa shape index (κ2) is 5.71. The molecule has 1 rings (SSSR count). The molecule has 0 aliphatic carbocycles. The lowest BCUT2D eigenvalue weighted by molar-refractivity contribution is -0.156. The number of carbonyl (C=O) groups is 1. The Morgan fingerprint density at radius 2 is 1.94 bits per heavy atom. The van der Waals surface area contributed by atoms with Crippen LogP contribution in [-0.4, -0.2) is 40.7 Å². The minimum absolute atomic E-state index is 0.0629. The normalized spacial score (nSPS) is 25.9. The van der Waals surface area contributed by atoms with E-state index in [2.05, 4.69) is 33.9 Å². The van der Waals surface area contributed by atoms with Gasteiger partial charge < -0.3 is 13.9 Å². The van der Waals surface area contributed by atoms with Crippen molar-refractivity contribution in [3.63, 3.8) is 0 Å². The van der Waals surface area contributed by atoms with Gasteiger partial charge >= 0.3 is 5.97 Å². The fourth-order valence-corrected chi connectivity index (χ4v) is 3.18. The molecule has 0 aromatic rings. The molecule has 0 amide bonds. The Kier molecular flexibility index (Phi) is 4.97. The van der Waals surface area contributed by atoms with Gasteiger partial charge in [0.2, 0.25) is 0 Å². The maximum atomic E-state index is 11.7. The lowest BCUT2D eigenvalue weighted by Crippen LogP contribution is -2.49. The maximum absolute atomic E-state index is 11.7. The Hall–Kier alpha value is -0.393. The fourth-order valence-electron chi connectivity index (χ4n) is 1.79. The standard InChI is InChI=1S/C13H26O4Si/c1-13(2,3)18(5,6)17-11-7-8-16-9-10(11)12(14)15-4/h10-11H,7-9H2,1-6H3.